The lowest BCUT2D eigenvalue weighted by atomic mass is 9.71. The highest BCUT2D eigenvalue weighted by Crippen LogP contribution is 2.44. The fourth-order valence-electron chi connectivity index (χ4n) is 3.35. The van der Waals surface area contributed by atoms with Crippen LogP contribution in [0, 0.1) is 0 Å². The monoisotopic (exact) mass is 409 g/mol. The fourth-order valence-corrected chi connectivity index (χ4v) is 4.60. The van der Waals surface area contributed by atoms with Crippen LogP contribution in [0.2, 0.25) is 24.7 Å². The number of hydrogen-bond donors (Lipinski definition) is 1. The number of carbonyl (C=O) groups excluding carboxylic acids is 1. The van der Waals surface area contributed by atoms with E-state index < -0.39 is 25.4 Å². The minimum atomic E-state index is -1.83. The van der Waals surface area contributed by atoms with Gasteiger partial charge in [-0.25, -0.2) is 4.79 Å². The molecule has 0 saturated carbocycles. The molecule has 0 bridgehead atoms. The number of rotatable bonds is 5. The van der Waals surface area contributed by atoms with Crippen LogP contribution >= 0.6 is 11.6 Å². The summed E-state index contributed by atoms with van der Waals surface area (Å²) in [5, 5.41) is 3.66. The van der Waals surface area contributed by atoms with Crippen LogP contribution in [0.1, 0.15) is 45.6 Å². The van der Waals surface area contributed by atoms with Gasteiger partial charge in [-0.1, -0.05) is 29.8 Å². The molecular formula is C21H32ClNO3Si. The third kappa shape index (κ3) is 6.01. The van der Waals surface area contributed by atoms with Crippen LogP contribution in [-0.2, 0) is 14.6 Å². The van der Waals surface area contributed by atoms with E-state index in [-0.39, 0.29) is 0 Å². The third-order valence-electron chi connectivity index (χ3n) is 4.35. The van der Waals surface area contributed by atoms with E-state index in [9.17, 15) is 4.79 Å². The maximum absolute atomic E-state index is 12.3. The highest BCUT2D eigenvalue weighted by atomic mass is 35.5. The average molecular weight is 410 g/mol. The summed E-state index contributed by atoms with van der Waals surface area (Å²) < 4.78 is 11.9. The zero-order valence-corrected chi connectivity index (χ0v) is 19.1. The quantitative estimate of drug-likeness (QED) is 0.604. The molecule has 0 radical (unpaired) electrons. The molecule has 0 heterocycles. The molecule has 27 heavy (non-hydrogen) atoms. The van der Waals surface area contributed by atoms with Crippen LogP contribution < -0.4 is 5.32 Å². The first-order chi connectivity index (χ1) is 12.4. The van der Waals surface area contributed by atoms with Crippen molar-refractivity contribution in [1.82, 2.24) is 5.32 Å². The van der Waals surface area contributed by atoms with Gasteiger partial charge in [-0.3, -0.25) is 0 Å². The number of alkyl carbamates (subject to hydrolysis) is 1. The van der Waals surface area contributed by atoms with Gasteiger partial charge in [0, 0.05) is 11.6 Å². The Hall–Kier alpha value is -1.46. The van der Waals surface area contributed by atoms with Gasteiger partial charge in [0.2, 0.25) is 8.32 Å². The molecule has 0 spiro atoms. The predicted molar refractivity (Wildman–Crippen MR) is 114 cm³/mol. The number of allylic oxidation sites excluding steroid dienone is 1. The van der Waals surface area contributed by atoms with Crippen molar-refractivity contribution in [2.75, 3.05) is 6.54 Å². The molecule has 150 valence electrons. The largest absolute Gasteiger partial charge is 0.547 e. The zero-order valence-electron chi connectivity index (χ0n) is 17.3. The molecule has 1 aromatic rings. The number of ether oxygens (including phenoxy) is 1. The Morgan fingerprint density at radius 3 is 2.52 bits per heavy atom. The standard InChI is InChI=1S/C21H32ClNO3Si/c1-20(2,3)25-19(24)23-15-21(16-11-7-8-12-17(16)22)14-10-9-13-18(21)26-27(4,5)6/h7-8,11-13H,9-10,14-15H2,1-6H3,(H,23,24)/t21-/m1/s1. The summed E-state index contributed by atoms with van der Waals surface area (Å²) in [6, 6.07) is 7.84. The normalized spacial score (nSPS) is 20.6. The Kier molecular flexibility index (Phi) is 6.69. The molecule has 0 fully saturated rings. The summed E-state index contributed by atoms with van der Waals surface area (Å²) in [4.78, 5) is 12.3. The lowest BCUT2D eigenvalue weighted by molar-refractivity contribution is 0.0511. The second-order valence-corrected chi connectivity index (χ2v) is 13.9. The molecular weight excluding hydrogens is 378 g/mol. The molecule has 4 nitrogen and oxygen atoms in total. The van der Waals surface area contributed by atoms with Crippen molar-refractivity contribution in [3.05, 3.63) is 46.7 Å². The molecule has 6 heteroatoms. The van der Waals surface area contributed by atoms with E-state index in [1.54, 1.807) is 0 Å². The Balaban J connectivity index is 2.40. The van der Waals surface area contributed by atoms with E-state index in [0.29, 0.717) is 11.6 Å². The highest BCUT2D eigenvalue weighted by molar-refractivity contribution is 6.70. The smallest absolute Gasteiger partial charge is 0.407 e. The molecule has 0 aromatic heterocycles. The van der Waals surface area contributed by atoms with Crippen molar-refractivity contribution in [1.29, 1.82) is 0 Å². The summed E-state index contributed by atoms with van der Waals surface area (Å²) in [6.07, 6.45) is 4.59. The number of hydrogen-bond acceptors (Lipinski definition) is 3. The van der Waals surface area contributed by atoms with Crippen LogP contribution in [-0.4, -0.2) is 26.6 Å². The SMILES string of the molecule is CC(C)(C)OC(=O)NC[C@@]1(c2ccccc2Cl)CCCC=C1O[Si](C)(C)C. The lowest BCUT2D eigenvalue weighted by Crippen LogP contribution is -2.47. The summed E-state index contributed by atoms with van der Waals surface area (Å²) >= 11 is 6.59. The molecule has 0 aliphatic heterocycles. The van der Waals surface area contributed by atoms with Crippen LogP contribution in [0.4, 0.5) is 4.79 Å². The van der Waals surface area contributed by atoms with Gasteiger partial charge in [-0.05, 0) is 77.4 Å². The number of amides is 1. The van der Waals surface area contributed by atoms with Crippen molar-refractivity contribution in [3.63, 3.8) is 0 Å². The van der Waals surface area contributed by atoms with Gasteiger partial charge in [0.25, 0.3) is 0 Å². The third-order valence-corrected chi connectivity index (χ3v) is 5.51. The predicted octanol–water partition coefficient (Wildman–Crippen LogP) is 6.02. The number of nitrogens with one attached hydrogen (secondary N) is 1. The lowest BCUT2D eigenvalue weighted by Gasteiger charge is -2.42. The zero-order chi connectivity index (χ0) is 20.3. The summed E-state index contributed by atoms with van der Waals surface area (Å²) in [5.74, 6) is 0.928. The van der Waals surface area contributed by atoms with Crippen molar-refractivity contribution < 1.29 is 14.0 Å². The Bertz CT molecular complexity index is 706. The number of benzene rings is 1. The van der Waals surface area contributed by atoms with Gasteiger partial charge >= 0.3 is 6.09 Å². The summed E-state index contributed by atoms with van der Waals surface area (Å²) in [5.41, 5.74) is -0.0259. The molecule has 1 aliphatic carbocycles. The van der Waals surface area contributed by atoms with Gasteiger partial charge in [-0.2, -0.15) is 0 Å². The Morgan fingerprint density at radius 2 is 1.93 bits per heavy atom. The molecule has 0 saturated heterocycles. The first-order valence-corrected chi connectivity index (χ1v) is 13.3. The molecule has 1 atom stereocenters. The second-order valence-electron chi connectivity index (χ2n) is 9.09. The summed E-state index contributed by atoms with van der Waals surface area (Å²) in [7, 11) is -1.83. The minimum Gasteiger partial charge on any atom is -0.547 e. The highest BCUT2D eigenvalue weighted by Gasteiger charge is 2.42. The van der Waals surface area contributed by atoms with Crippen molar-refractivity contribution in [2.24, 2.45) is 0 Å². The van der Waals surface area contributed by atoms with Crippen LogP contribution in [0.5, 0.6) is 0 Å². The molecule has 1 amide bonds. The Labute approximate surface area is 169 Å². The molecule has 1 N–H and O–H groups in total. The van der Waals surface area contributed by atoms with Gasteiger partial charge in [0.15, 0.2) is 0 Å². The van der Waals surface area contributed by atoms with Gasteiger partial charge in [0.05, 0.1) is 11.2 Å². The van der Waals surface area contributed by atoms with E-state index in [0.717, 1.165) is 30.6 Å². The topological polar surface area (TPSA) is 47.6 Å². The van der Waals surface area contributed by atoms with Crippen LogP contribution in [0.15, 0.2) is 36.1 Å². The fraction of sp³-hybridized carbons (Fsp3) is 0.571. The first kappa shape index (κ1) is 21.8. The first-order valence-electron chi connectivity index (χ1n) is 9.54. The molecule has 2 rings (SSSR count). The average Bonchev–Trinajstić information content (AvgIpc) is 2.52. The molecule has 1 aliphatic rings. The molecule has 0 unspecified atom stereocenters. The van der Waals surface area contributed by atoms with Crippen molar-refractivity contribution in [3.8, 4) is 0 Å². The minimum absolute atomic E-state index is 0.391. The maximum Gasteiger partial charge on any atom is 0.407 e. The van der Waals surface area contributed by atoms with E-state index in [1.807, 2.05) is 45.0 Å². The maximum atomic E-state index is 12.3. The Morgan fingerprint density at radius 1 is 1.26 bits per heavy atom. The van der Waals surface area contributed by atoms with E-state index in [2.05, 4.69) is 31.0 Å². The van der Waals surface area contributed by atoms with Crippen molar-refractivity contribution in [2.45, 2.75) is 70.7 Å². The van der Waals surface area contributed by atoms with Gasteiger partial charge in [0.1, 0.15) is 5.60 Å². The van der Waals surface area contributed by atoms with Crippen molar-refractivity contribution >= 4 is 26.0 Å². The van der Waals surface area contributed by atoms with E-state index >= 15 is 0 Å². The number of carbonyl (C=O) groups is 1. The molecule has 1 aromatic carbocycles. The van der Waals surface area contributed by atoms with E-state index in [1.165, 1.54) is 0 Å². The van der Waals surface area contributed by atoms with Gasteiger partial charge in [-0.15, -0.1) is 0 Å². The second kappa shape index (κ2) is 8.27. The van der Waals surface area contributed by atoms with E-state index in [4.69, 9.17) is 20.8 Å². The van der Waals surface area contributed by atoms with Gasteiger partial charge < -0.3 is 14.5 Å². The van der Waals surface area contributed by atoms with Crippen LogP contribution in [0.3, 0.4) is 0 Å². The summed E-state index contributed by atoms with van der Waals surface area (Å²) in [6.45, 7) is 12.5. The van der Waals surface area contributed by atoms with Crippen LogP contribution in [0.25, 0.3) is 0 Å². The number of halogens is 1.